The standard InChI is InChI=1S/C32H47NO3/c1-27(2)10-12-32(14-15-34)13-11-31(7)25(21(32)18-27)22(35)16-24-29(5)17-20(19-33)26(36)28(3,4)23(29)8-9-30(24,31)6/h17,21,23-25,34H,8-16,18H2,1-7H3/t21?,23?,24-,25?,29+,30-,31-,32-/m1/s1. The number of rotatable bonds is 2. The molecule has 36 heavy (non-hydrogen) atoms. The number of Topliss-reactive ketones (excluding diaryl/α,β-unsaturated/α-hetero) is 2. The van der Waals surface area contributed by atoms with E-state index in [1.807, 2.05) is 19.9 Å². The van der Waals surface area contributed by atoms with Crippen molar-refractivity contribution < 1.29 is 14.7 Å². The fourth-order valence-corrected chi connectivity index (χ4v) is 11.1. The van der Waals surface area contributed by atoms with Crippen molar-refractivity contribution >= 4 is 11.6 Å². The molecule has 4 nitrogen and oxygen atoms in total. The Morgan fingerprint density at radius 3 is 2.25 bits per heavy atom. The van der Waals surface area contributed by atoms with E-state index in [1.165, 1.54) is 6.42 Å². The summed E-state index contributed by atoms with van der Waals surface area (Å²) in [6, 6.07) is 2.22. The van der Waals surface area contributed by atoms with Crippen LogP contribution in [0.3, 0.4) is 0 Å². The second-order valence-corrected chi connectivity index (χ2v) is 15.5. The van der Waals surface area contributed by atoms with Crippen LogP contribution in [0, 0.1) is 67.5 Å². The van der Waals surface area contributed by atoms with Gasteiger partial charge in [0.05, 0.1) is 5.57 Å². The Bertz CT molecular complexity index is 1060. The first kappa shape index (κ1) is 26.1. The highest BCUT2D eigenvalue weighted by Crippen LogP contribution is 2.76. The second-order valence-electron chi connectivity index (χ2n) is 15.5. The molecule has 0 heterocycles. The quantitative estimate of drug-likeness (QED) is 0.466. The van der Waals surface area contributed by atoms with E-state index in [4.69, 9.17) is 0 Å². The maximum atomic E-state index is 14.4. The Morgan fingerprint density at radius 2 is 1.61 bits per heavy atom. The molecule has 0 amide bonds. The van der Waals surface area contributed by atoms with Crippen LogP contribution in [0.2, 0.25) is 0 Å². The van der Waals surface area contributed by atoms with E-state index in [2.05, 4.69) is 40.7 Å². The number of carbonyl (C=O) groups excluding carboxylic acids is 2. The number of fused-ring (bicyclic) bond motifs is 7. The summed E-state index contributed by atoms with van der Waals surface area (Å²) in [6.07, 6.45) is 10.9. The predicted molar refractivity (Wildman–Crippen MR) is 141 cm³/mol. The minimum absolute atomic E-state index is 0.0295. The number of carbonyl (C=O) groups is 2. The van der Waals surface area contributed by atoms with E-state index in [9.17, 15) is 20.0 Å². The summed E-state index contributed by atoms with van der Waals surface area (Å²) in [4.78, 5) is 27.6. The number of aliphatic hydroxyl groups is 1. The van der Waals surface area contributed by atoms with Gasteiger partial charge in [0.15, 0.2) is 5.78 Å². The average Bonchev–Trinajstić information content (AvgIpc) is 2.79. The third-order valence-corrected chi connectivity index (χ3v) is 13.3. The summed E-state index contributed by atoms with van der Waals surface area (Å²) in [5.41, 5.74) is -0.468. The Labute approximate surface area is 218 Å². The van der Waals surface area contributed by atoms with Crippen molar-refractivity contribution in [3.05, 3.63) is 11.6 Å². The third-order valence-electron chi connectivity index (χ3n) is 13.3. The van der Waals surface area contributed by atoms with Gasteiger partial charge in [0.1, 0.15) is 11.9 Å². The first-order valence-corrected chi connectivity index (χ1v) is 14.4. The maximum Gasteiger partial charge on any atom is 0.178 e. The normalized spacial score (nSPS) is 49.0. The molecule has 4 fully saturated rings. The molecule has 0 aromatic heterocycles. The minimum Gasteiger partial charge on any atom is -0.396 e. The first-order chi connectivity index (χ1) is 16.6. The molecule has 198 valence electrons. The van der Waals surface area contributed by atoms with Gasteiger partial charge in [-0.25, -0.2) is 0 Å². The number of aliphatic hydroxyl groups excluding tert-OH is 1. The summed E-state index contributed by atoms with van der Waals surface area (Å²) >= 11 is 0. The summed E-state index contributed by atoms with van der Waals surface area (Å²) in [5.74, 6) is 1.03. The fourth-order valence-electron chi connectivity index (χ4n) is 11.1. The van der Waals surface area contributed by atoms with Gasteiger partial charge in [-0.2, -0.15) is 5.26 Å². The lowest BCUT2D eigenvalue weighted by atomic mass is 9.31. The van der Waals surface area contributed by atoms with E-state index in [0.717, 1.165) is 44.9 Å². The first-order valence-electron chi connectivity index (χ1n) is 14.4. The summed E-state index contributed by atoms with van der Waals surface area (Å²) in [5, 5.41) is 20.0. The molecule has 0 bridgehead atoms. The van der Waals surface area contributed by atoms with Gasteiger partial charge in [0, 0.05) is 24.4 Å². The Hall–Kier alpha value is -1.47. The monoisotopic (exact) mass is 493 g/mol. The zero-order valence-electron chi connectivity index (χ0n) is 23.7. The van der Waals surface area contributed by atoms with Crippen molar-refractivity contribution in [2.45, 2.75) is 106 Å². The molecule has 4 saturated carbocycles. The van der Waals surface area contributed by atoms with Gasteiger partial charge in [-0.15, -0.1) is 0 Å². The molecule has 0 radical (unpaired) electrons. The Balaban J connectivity index is 1.63. The number of nitriles is 1. The lowest BCUT2D eigenvalue weighted by Crippen LogP contribution is -2.68. The maximum absolute atomic E-state index is 14.4. The summed E-state index contributed by atoms with van der Waals surface area (Å²) in [6.45, 7) is 16.1. The van der Waals surface area contributed by atoms with Crippen molar-refractivity contribution in [1.82, 2.24) is 0 Å². The minimum atomic E-state index is -0.590. The van der Waals surface area contributed by atoms with Crippen LogP contribution < -0.4 is 0 Å². The van der Waals surface area contributed by atoms with Crippen molar-refractivity contribution in [3.63, 3.8) is 0 Å². The lowest BCUT2D eigenvalue weighted by Gasteiger charge is -2.72. The molecule has 8 atom stereocenters. The Kier molecular flexibility index (Phi) is 5.65. The summed E-state index contributed by atoms with van der Waals surface area (Å²) in [7, 11) is 0. The zero-order chi connectivity index (χ0) is 26.5. The van der Waals surface area contributed by atoms with Gasteiger partial charge < -0.3 is 5.11 Å². The van der Waals surface area contributed by atoms with Crippen LogP contribution in [0.5, 0.6) is 0 Å². The van der Waals surface area contributed by atoms with Gasteiger partial charge in [-0.05, 0) is 96.2 Å². The van der Waals surface area contributed by atoms with Crippen LogP contribution in [-0.4, -0.2) is 23.3 Å². The van der Waals surface area contributed by atoms with Crippen LogP contribution in [0.1, 0.15) is 106 Å². The fraction of sp³-hybridized carbons (Fsp3) is 0.844. The number of hydrogen-bond acceptors (Lipinski definition) is 4. The molecule has 0 aromatic carbocycles. The van der Waals surface area contributed by atoms with E-state index < -0.39 is 5.41 Å². The third kappa shape index (κ3) is 3.14. The van der Waals surface area contributed by atoms with Crippen LogP contribution in [-0.2, 0) is 9.59 Å². The molecule has 4 heteroatoms. The Morgan fingerprint density at radius 1 is 0.944 bits per heavy atom. The molecule has 0 aromatic rings. The molecule has 3 unspecified atom stereocenters. The number of allylic oxidation sites excluding steroid dienone is 2. The highest BCUT2D eigenvalue weighted by Gasteiger charge is 2.71. The summed E-state index contributed by atoms with van der Waals surface area (Å²) < 4.78 is 0. The molecular formula is C32H47NO3. The predicted octanol–water partition coefficient (Wildman–Crippen LogP) is 6.67. The zero-order valence-corrected chi connectivity index (χ0v) is 23.7. The average molecular weight is 494 g/mol. The largest absolute Gasteiger partial charge is 0.396 e. The van der Waals surface area contributed by atoms with E-state index in [-0.39, 0.29) is 57.2 Å². The molecule has 5 aliphatic carbocycles. The van der Waals surface area contributed by atoms with Crippen LogP contribution in [0.25, 0.3) is 0 Å². The van der Waals surface area contributed by atoms with Gasteiger partial charge in [-0.1, -0.05) is 54.5 Å². The van der Waals surface area contributed by atoms with E-state index in [0.29, 0.717) is 23.7 Å². The lowest BCUT2D eigenvalue weighted by molar-refractivity contribution is -0.224. The number of ketones is 2. The highest BCUT2D eigenvalue weighted by molar-refractivity contribution is 6.04. The smallest absolute Gasteiger partial charge is 0.178 e. The van der Waals surface area contributed by atoms with E-state index >= 15 is 0 Å². The van der Waals surface area contributed by atoms with E-state index in [1.54, 1.807) is 0 Å². The van der Waals surface area contributed by atoms with Crippen LogP contribution in [0.15, 0.2) is 11.6 Å². The number of nitrogens with zero attached hydrogens (tertiary/aromatic N) is 1. The van der Waals surface area contributed by atoms with Gasteiger partial charge in [0.25, 0.3) is 0 Å². The van der Waals surface area contributed by atoms with Gasteiger partial charge in [0.2, 0.25) is 0 Å². The molecule has 0 spiro atoms. The van der Waals surface area contributed by atoms with Crippen molar-refractivity contribution in [3.8, 4) is 6.07 Å². The molecule has 5 rings (SSSR count). The van der Waals surface area contributed by atoms with Crippen molar-refractivity contribution in [2.75, 3.05) is 6.61 Å². The van der Waals surface area contributed by atoms with Gasteiger partial charge in [-0.3, -0.25) is 9.59 Å². The SMILES string of the molecule is CC1(C)CC[C@]2(CCO)CC[C@]3(C)C(C(=O)C[C@@H]4[C@@]5(C)C=C(C#N)C(=O)C(C)(C)C5CC[C@]43C)C2C1. The molecular weight excluding hydrogens is 446 g/mol. The highest BCUT2D eigenvalue weighted by atomic mass is 16.3. The number of hydrogen-bond donors (Lipinski definition) is 1. The molecule has 1 N–H and O–H groups in total. The van der Waals surface area contributed by atoms with Gasteiger partial charge >= 0.3 is 0 Å². The van der Waals surface area contributed by atoms with Crippen molar-refractivity contribution in [2.24, 2.45) is 56.2 Å². The molecule has 0 aliphatic heterocycles. The topological polar surface area (TPSA) is 78.2 Å². The van der Waals surface area contributed by atoms with Crippen molar-refractivity contribution in [1.29, 1.82) is 5.26 Å². The van der Waals surface area contributed by atoms with Crippen LogP contribution >= 0.6 is 0 Å². The van der Waals surface area contributed by atoms with Crippen LogP contribution in [0.4, 0.5) is 0 Å². The molecule has 0 saturated heterocycles. The molecule has 5 aliphatic rings. The second kappa shape index (κ2) is 7.78.